The molecule has 3 rings (SSSR count). The lowest BCUT2D eigenvalue weighted by atomic mass is 10.2. The number of hydrogen-bond acceptors (Lipinski definition) is 6. The number of methoxy groups -OCH3 is 1. The maximum atomic E-state index is 13.5. The molecule has 2 aromatic rings. The van der Waals surface area contributed by atoms with Gasteiger partial charge in [0.1, 0.15) is 16.8 Å². The van der Waals surface area contributed by atoms with Gasteiger partial charge in [-0.25, -0.2) is 9.29 Å². The summed E-state index contributed by atoms with van der Waals surface area (Å²) in [7, 11) is 1.53. The van der Waals surface area contributed by atoms with E-state index in [0.29, 0.717) is 11.4 Å². The van der Waals surface area contributed by atoms with E-state index in [4.69, 9.17) is 10.5 Å². The fraction of sp³-hybridized carbons (Fsp3) is 0.158. The van der Waals surface area contributed by atoms with Crippen LogP contribution in [0.3, 0.4) is 0 Å². The van der Waals surface area contributed by atoms with Gasteiger partial charge in [0, 0.05) is 12.0 Å². The molecule has 144 valence electrons. The average molecular weight is 400 g/mol. The number of imide groups is 1. The molecule has 0 bridgehead atoms. The summed E-state index contributed by atoms with van der Waals surface area (Å²) < 4.78 is 18.6. The first-order valence-electron chi connectivity index (χ1n) is 8.28. The van der Waals surface area contributed by atoms with Gasteiger partial charge in [-0.3, -0.25) is 9.59 Å². The number of thioether (sulfide) groups is 1. The van der Waals surface area contributed by atoms with Gasteiger partial charge in [-0.1, -0.05) is 30.0 Å². The predicted molar refractivity (Wildman–Crippen MR) is 107 cm³/mol. The normalized spacial score (nSPS) is 17.6. The number of carbonyl (C=O) groups is 2. The smallest absolute Gasteiger partial charge is 0.247 e. The van der Waals surface area contributed by atoms with Gasteiger partial charge in [0.25, 0.3) is 0 Å². The van der Waals surface area contributed by atoms with Gasteiger partial charge in [-0.15, -0.1) is 5.10 Å². The molecule has 9 heteroatoms. The van der Waals surface area contributed by atoms with E-state index in [0.717, 1.165) is 16.7 Å². The molecule has 28 heavy (non-hydrogen) atoms. The summed E-state index contributed by atoms with van der Waals surface area (Å²) >= 11 is 0.948. The van der Waals surface area contributed by atoms with E-state index < -0.39 is 11.1 Å². The second-order valence-corrected chi connectivity index (χ2v) is 7.00. The van der Waals surface area contributed by atoms with Crippen molar-refractivity contribution < 1.29 is 18.7 Å². The number of benzene rings is 2. The zero-order chi connectivity index (χ0) is 20.1. The number of carbonyl (C=O) groups excluding carboxylic acids is 2. The van der Waals surface area contributed by atoms with Crippen LogP contribution in [0.4, 0.5) is 10.1 Å². The van der Waals surface area contributed by atoms with Crippen LogP contribution in [0.1, 0.15) is 12.0 Å². The van der Waals surface area contributed by atoms with Gasteiger partial charge in [0.15, 0.2) is 5.17 Å². The largest absolute Gasteiger partial charge is 0.497 e. The standard InChI is InChI=1S/C19H17FN4O3S/c1-27-14-8-6-13(7-9-14)24-17(25)10-16(18(24)26)28-19(21)23-22-11-12-4-2-3-5-15(12)20/h2-9,11,16H,10H2,1H3,(H2,21,23)/b22-11+/t16-/m1/s1. The highest BCUT2D eigenvalue weighted by molar-refractivity contribution is 8.14. The third-order valence-corrected chi connectivity index (χ3v) is 4.93. The zero-order valence-corrected chi connectivity index (χ0v) is 15.7. The van der Waals surface area contributed by atoms with Crippen molar-refractivity contribution in [3.63, 3.8) is 0 Å². The minimum atomic E-state index is -0.693. The van der Waals surface area contributed by atoms with E-state index in [1.165, 1.54) is 19.4 Å². The first-order valence-corrected chi connectivity index (χ1v) is 9.16. The molecule has 1 heterocycles. The number of amidine groups is 1. The Balaban J connectivity index is 1.66. The van der Waals surface area contributed by atoms with Crippen LogP contribution >= 0.6 is 11.8 Å². The van der Waals surface area contributed by atoms with Crippen molar-refractivity contribution in [3.05, 3.63) is 59.9 Å². The fourth-order valence-corrected chi connectivity index (χ4v) is 3.41. The Morgan fingerprint density at radius 2 is 1.96 bits per heavy atom. The molecule has 2 amide bonds. The van der Waals surface area contributed by atoms with E-state index in [1.807, 2.05) is 0 Å². The predicted octanol–water partition coefficient (Wildman–Crippen LogP) is 2.55. The van der Waals surface area contributed by atoms with E-state index >= 15 is 0 Å². The van der Waals surface area contributed by atoms with Crippen molar-refractivity contribution in [2.45, 2.75) is 11.7 Å². The van der Waals surface area contributed by atoms with Crippen molar-refractivity contribution in [1.29, 1.82) is 0 Å². The van der Waals surface area contributed by atoms with Crippen molar-refractivity contribution in [3.8, 4) is 5.75 Å². The molecule has 0 spiro atoms. The first kappa shape index (κ1) is 19.6. The molecule has 1 aliphatic heterocycles. The Labute approximate surface area is 165 Å². The third-order valence-electron chi connectivity index (χ3n) is 3.96. The lowest BCUT2D eigenvalue weighted by Gasteiger charge is -2.15. The molecule has 1 aliphatic rings. The molecule has 7 nitrogen and oxygen atoms in total. The summed E-state index contributed by atoms with van der Waals surface area (Å²) in [5.74, 6) is -0.510. The van der Waals surface area contributed by atoms with Gasteiger partial charge >= 0.3 is 0 Å². The first-order chi connectivity index (χ1) is 13.5. The Morgan fingerprint density at radius 3 is 2.64 bits per heavy atom. The highest BCUT2D eigenvalue weighted by Crippen LogP contribution is 2.30. The third kappa shape index (κ3) is 4.37. The van der Waals surface area contributed by atoms with Crippen LogP contribution in [0, 0.1) is 5.82 Å². The van der Waals surface area contributed by atoms with Crippen molar-refractivity contribution >= 4 is 40.6 Å². The van der Waals surface area contributed by atoms with E-state index in [9.17, 15) is 14.0 Å². The Bertz CT molecular complexity index is 946. The fourth-order valence-electron chi connectivity index (χ4n) is 2.60. The number of amides is 2. The molecule has 2 N–H and O–H groups in total. The highest BCUT2D eigenvalue weighted by atomic mass is 32.2. The molecule has 1 atom stereocenters. The summed E-state index contributed by atoms with van der Waals surface area (Å²) in [6, 6.07) is 12.7. The number of ether oxygens (including phenoxy) is 1. The highest BCUT2D eigenvalue weighted by Gasteiger charge is 2.40. The number of hydrogen-bond donors (Lipinski definition) is 1. The number of anilines is 1. The number of halogens is 1. The molecule has 0 aromatic heterocycles. The minimum Gasteiger partial charge on any atom is -0.497 e. The van der Waals surface area contributed by atoms with Crippen LogP contribution in [0.25, 0.3) is 0 Å². The summed E-state index contributed by atoms with van der Waals surface area (Å²) in [5.41, 5.74) is 6.52. The molecule has 1 saturated heterocycles. The molecule has 0 radical (unpaired) electrons. The molecule has 0 saturated carbocycles. The quantitative estimate of drug-likeness (QED) is 0.360. The average Bonchev–Trinajstić information content (AvgIpc) is 2.96. The van der Waals surface area contributed by atoms with Gasteiger partial charge in [-0.05, 0) is 30.3 Å². The molecular formula is C19H17FN4O3S. The molecule has 0 unspecified atom stereocenters. The summed E-state index contributed by atoms with van der Waals surface area (Å²) in [6.07, 6.45) is 1.23. The van der Waals surface area contributed by atoms with Crippen LogP contribution < -0.4 is 15.4 Å². The van der Waals surface area contributed by atoms with Crippen molar-refractivity contribution in [2.24, 2.45) is 15.9 Å². The molecular weight excluding hydrogens is 383 g/mol. The van der Waals surface area contributed by atoms with E-state index in [1.54, 1.807) is 42.5 Å². The van der Waals surface area contributed by atoms with Gasteiger partial charge in [0.2, 0.25) is 11.8 Å². The topological polar surface area (TPSA) is 97.3 Å². The van der Waals surface area contributed by atoms with Crippen molar-refractivity contribution in [2.75, 3.05) is 12.0 Å². The lowest BCUT2D eigenvalue weighted by Crippen LogP contribution is -2.31. The van der Waals surface area contributed by atoms with Crippen LogP contribution in [-0.4, -0.2) is 35.6 Å². The summed E-state index contributed by atoms with van der Waals surface area (Å²) in [5, 5.41) is 6.82. The summed E-state index contributed by atoms with van der Waals surface area (Å²) in [4.78, 5) is 26.0. The Morgan fingerprint density at radius 1 is 1.25 bits per heavy atom. The maximum absolute atomic E-state index is 13.5. The van der Waals surface area contributed by atoms with Crippen molar-refractivity contribution in [1.82, 2.24) is 0 Å². The van der Waals surface area contributed by atoms with Crippen LogP contribution in [0.2, 0.25) is 0 Å². The lowest BCUT2D eigenvalue weighted by molar-refractivity contribution is -0.121. The minimum absolute atomic E-state index is 0.00275. The van der Waals surface area contributed by atoms with E-state index in [-0.39, 0.29) is 29.0 Å². The van der Waals surface area contributed by atoms with Crippen LogP contribution in [-0.2, 0) is 9.59 Å². The molecule has 0 aliphatic carbocycles. The second-order valence-electron chi connectivity index (χ2n) is 5.78. The monoisotopic (exact) mass is 400 g/mol. The summed E-state index contributed by atoms with van der Waals surface area (Å²) in [6.45, 7) is 0. The zero-order valence-electron chi connectivity index (χ0n) is 14.9. The van der Waals surface area contributed by atoms with Gasteiger partial charge in [0.05, 0.1) is 19.0 Å². The van der Waals surface area contributed by atoms with Gasteiger partial charge in [-0.2, -0.15) is 5.10 Å². The van der Waals surface area contributed by atoms with Crippen LogP contribution in [0.15, 0.2) is 58.7 Å². The molecule has 1 fully saturated rings. The number of rotatable bonds is 5. The van der Waals surface area contributed by atoms with Gasteiger partial charge < -0.3 is 10.5 Å². The molecule has 2 aromatic carbocycles. The van der Waals surface area contributed by atoms with E-state index in [2.05, 4.69) is 10.2 Å². The second kappa shape index (κ2) is 8.66. The Hall–Kier alpha value is -3.20. The van der Waals surface area contributed by atoms with Crippen LogP contribution in [0.5, 0.6) is 5.75 Å². The number of nitrogens with zero attached hydrogens (tertiary/aromatic N) is 3. The SMILES string of the molecule is COc1ccc(N2C(=O)C[C@@H](SC(N)=N/N=C/c3ccccc3F)C2=O)cc1. The number of nitrogens with two attached hydrogens (primary N) is 1. The maximum Gasteiger partial charge on any atom is 0.247 e. The Kier molecular flexibility index (Phi) is 6.05.